The van der Waals surface area contributed by atoms with Gasteiger partial charge in [-0.2, -0.15) is 4.98 Å². The first-order valence-corrected chi connectivity index (χ1v) is 12.3. The second-order valence-corrected chi connectivity index (χ2v) is 9.54. The Morgan fingerprint density at radius 2 is 1.66 bits per heavy atom. The van der Waals surface area contributed by atoms with Crippen molar-refractivity contribution in [2.45, 2.75) is 38.5 Å². The zero-order valence-electron chi connectivity index (χ0n) is 19.9. The van der Waals surface area contributed by atoms with Gasteiger partial charge in [-0.05, 0) is 85.7 Å². The second kappa shape index (κ2) is 9.80. The molecular weight excluding hydrogens is 456 g/mol. The Kier molecular flexibility index (Phi) is 6.42. The smallest absolute Gasteiger partial charge is 0.237 e. The Morgan fingerprint density at radius 1 is 0.857 bits per heavy atom. The summed E-state index contributed by atoms with van der Waals surface area (Å²) in [7, 11) is 0. The Bertz CT molecular complexity index is 1400. The molecule has 2 N–H and O–H groups in total. The van der Waals surface area contributed by atoms with Crippen molar-refractivity contribution in [3.63, 3.8) is 0 Å². The van der Waals surface area contributed by atoms with Gasteiger partial charge in [-0.25, -0.2) is 4.98 Å². The summed E-state index contributed by atoms with van der Waals surface area (Å²) in [5, 5.41) is 2.99. The molecule has 7 heteroatoms. The third kappa shape index (κ3) is 5.30. The van der Waals surface area contributed by atoms with E-state index in [0.29, 0.717) is 30.4 Å². The molecule has 0 aliphatic carbocycles. The fraction of sp³-hybridized carbons (Fsp3) is 0.179. The molecular formula is C28H26N4O2S. The molecule has 0 spiro atoms. The molecule has 2 heterocycles. The van der Waals surface area contributed by atoms with Crippen LogP contribution in [0.1, 0.15) is 28.7 Å². The molecule has 0 fully saturated rings. The first kappa shape index (κ1) is 22.9. The number of hydrogen-bond acceptors (Lipinski definition) is 6. The van der Waals surface area contributed by atoms with Crippen LogP contribution in [0.4, 0.5) is 11.6 Å². The van der Waals surface area contributed by atoms with Crippen molar-refractivity contribution in [2.75, 3.05) is 10.0 Å². The van der Waals surface area contributed by atoms with Gasteiger partial charge in [-0.1, -0.05) is 36.4 Å². The number of aryl methyl sites for hydroxylation is 4. The Morgan fingerprint density at radius 3 is 2.49 bits per heavy atom. The van der Waals surface area contributed by atoms with Crippen LogP contribution in [-0.2, 0) is 11.2 Å². The third-order valence-corrected chi connectivity index (χ3v) is 6.70. The van der Waals surface area contributed by atoms with Gasteiger partial charge in [0.25, 0.3) is 0 Å². The summed E-state index contributed by atoms with van der Waals surface area (Å²) in [4.78, 5) is 22.9. The van der Waals surface area contributed by atoms with Crippen LogP contribution in [0.25, 0.3) is 11.3 Å². The minimum Gasteiger partial charge on any atom is -0.439 e. The molecule has 1 amide bonds. The first-order chi connectivity index (χ1) is 16.9. The Balaban J connectivity index is 1.61. The maximum Gasteiger partial charge on any atom is 0.237 e. The predicted octanol–water partition coefficient (Wildman–Crippen LogP) is 6.87. The topological polar surface area (TPSA) is 76.1 Å². The molecule has 0 unspecified atom stereocenters. The van der Waals surface area contributed by atoms with E-state index in [1.165, 1.54) is 11.9 Å². The van der Waals surface area contributed by atoms with Crippen LogP contribution in [0.2, 0.25) is 0 Å². The van der Waals surface area contributed by atoms with Crippen LogP contribution in [0.15, 0.2) is 71.6 Å². The van der Waals surface area contributed by atoms with Crippen molar-refractivity contribution >= 4 is 29.5 Å². The molecule has 1 aromatic heterocycles. The van der Waals surface area contributed by atoms with Crippen molar-refractivity contribution < 1.29 is 9.53 Å². The highest BCUT2D eigenvalue weighted by atomic mass is 32.2. The molecule has 1 aliphatic heterocycles. The maximum absolute atomic E-state index is 12.5. The van der Waals surface area contributed by atoms with Crippen molar-refractivity contribution in [3.05, 3.63) is 89.0 Å². The van der Waals surface area contributed by atoms with Gasteiger partial charge in [0.1, 0.15) is 5.75 Å². The van der Waals surface area contributed by atoms with E-state index in [-0.39, 0.29) is 5.91 Å². The number of ether oxygens (including phenoxy) is 1. The number of benzene rings is 3. The first-order valence-electron chi connectivity index (χ1n) is 11.5. The van der Waals surface area contributed by atoms with E-state index >= 15 is 0 Å². The summed E-state index contributed by atoms with van der Waals surface area (Å²) < 4.78 is 9.56. The molecule has 4 aromatic rings. The van der Waals surface area contributed by atoms with E-state index in [4.69, 9.17) is 9.72 Å². The highest BCUT2D eigenvalue weighted by Crippen LogP contribution is 2.33. The average Bonchev–Trinajstić information content (AvgIpc) is 2.83. The van der Waals surface area contributed by atoms with Crippen LogP contribution >= 0.6 is 11.9 Å². The van der Waals surface area contributed by atoms with E-state index in [9.17, 15) is 4.79 Å². The van der Waals surface area contributed by atoms with Crippen LogP contribution < -0.4 is 14.8 Å². The largest absolute Gasteiger partial charge is 0.439 e. The van der Waals surface area contributed by atoms with Crippen LogP contribution in [0.5, 0.6) is 11.6 Å². The van der Waals surface area contributed by atoms with E-state index in [1.54, 1.807) is 0 Å². The summed E-state index contributed by atoms with van der Waals surface area (Å²) in [6.45, 7) is 6.16. The standard InChI is InChI=1S/C28H26N4O2S/c1-17-10-11-20-12-13-25(33)29-21-8-5-9-22(15-21)35-32-28-30-23(16-26(31-28)34-24(17)14-20)27-18(2)6-4-7-19(27)3/h4-11,14-16H,12-13H2,1-3H3,(H,29,33)(H,30,31,32). The zero-order chi connectivity index (χ0) is 24.4. The highest BCUT2D eigenvalue weighted by Gasteiger charge is 2.15. The number of aromatic nitrogens is 2. The zero-order valence-corrected chi connectivity index (χ0v) is 20.7. The number of fused-ring (bicyclic) bond motifs is 6. The van der Waals surface area contributed by atoms with Gasteiger partial charge in [0.05, 0.1) is 5.69 Å². The van der Waals surface area contributed by atoms with E-state index < -0.39 is 0 Å². The van der Waals surface area contributed by atoms with Crippen molar-refractivity contribution in [1.82, 2.24) is 9.97 Å². The molecule has 6 nitrogen and oxygen atoms in total. The highest BCUT2D eigenvalue weighted by molar-refractivity contribution is 8.00. The van der Waals surface area contributed by atoms with Gasteiger partial charge in [0.2, 0.25) is 17.7 Å². The number of carbonyl (C=O) groups excluding carboxylic acids is 1. The number of rotatable bonds is 1. The SMILES string of the molecule is Cc1ccc2cc1Oc1cc(-c3c(C)cccc3C)nc(n1)NSc1cccc(c1)NC(=O)CC2. The van der Waals surface area contributed by atoms with E-state index in [1.807, 2.05) is 61.5 Å². The number of amides is 1. The second-order valence-electron chi connectivity index (χ2n) is 8.66. The summed E-state index contributed by atoms with van der Waals surface area (Å²) in [6.07, 6.45) is 0.994. The average molecular weight is 483 g/mol. The maximum atomic E-state index is 12.5. The van der Waals surface area contributed by atoms with Gasteiger partial charge < -0.3 is 10.1 Å². The predicted molar refractivity (Wildman–Crippen MR) is 141 cm³/mol. The summed E-state index contributed by atoms with van der Waals surface area (Å²) >= 11 is 1.38. The van der Waals surface area contributed by atoms with Crippen molar-refractivity contribution in [1.29, 1.82) is 0 Å². The lowest BCUT2D eigenvalue weighted by atomic mass is 10.00. The quantitative estimate of drug-likeness (QED) is 0.289. The molecule has 176 valence electrons. The summed E-state index contributed by atoms with van der Waals surface area (Å²) in [5.74, 6) is 1.59. The summed E-state index contributed by atoms with van der Waals surface area (Å²) in [6, 6.07) is 21.8. The molecule has 0 radical (unpaired) electrons. The minimum absolute atomic E-state index is 0.0259. The van der Waals surface area contributed by atoms with Crippen LogP contribution in [0, 0.1) is 20.8 Å². The van der Waals surface area contributed by atoms with Gasteiger partial charge in [0.15, 0.2) is 0 Å². The molecule has 5 rings (SSSR count). The lowest BCUT2D eigenvalue weighted by molar-refractivity contribution is -0.116. The molecule has 0 saturated heterocycles. The number of carbonyl (C=O) groups is 1. The Hall–Kier alpha value is -3.84. The molecule has 1 aliphatic rings. The number of anilines is 2. The number of nitrogens with zero attached hydrogens (tertiary/aromatic N) is 2. The molecule has 35 heavy (non-hydrogen) atoms. The molecule has 3 aromatic carbocycles. The van der Waals surface area contributed by atoms with Crippen molar-refractivity contribution in [2.24, 2.45) is 0 Å². The van der Waals surface area contributed by atoms with Gasteiger partial charge in [0, 0.05) is 28.6 Å². The minimum atomic E-state index is -0.0259. The van der Waals surface area contributed by atoms with Gasteiger partial charge in [-0.15, -0.1) is 0 Å². The normalized spacial score (nSPS) is 13.4. The summed E-state index contributed by atoms with van der Waals surface area (Å²) in [5.41, 5.74) is 6.91. The fourth-order valence-electron chi connectivity index (χ4n) is 4.12. The van der Waals surface area contributed by atoms with E-state index in [2.05, 4.69) is 41.0 Å². The fourth-order valence-corrected chi connectivity index (χ4v) is 4.75. The van der Waals surface area contributed by atoms with Gasteiger partial charge >= 0.3 is 0 Å². The molecule has 0 atom stereocenters. The van der Waals surface area contributed by atoms with Crippen molar-refractivity contribution in [3.8, 4) is 22.9 Å². The monoisotopic (exact) mass is 482 g/mol. The Labute approximate surface area is 209 Å². The third-order valence-electron chi connectivity index (χ3n) is 5.93. The molecule has 0 saturated carbocycles. The number of hydrogen-bond donors (Lipinski definition) is 2. The number of nitrogens with one attached hydrogen (secondary N) is 2. The van der Waals surface area contributed by atoms with Crippen LogP contribution in [0.3, 0.4) is 0 Å². The lowest BCUT2D eigenvalue weighted by Gasteiger charge is -2.15. The van der Waals surface area contributed by atoms with Crippen LogP contribution in [-0.4, -0.2) is 15.9 Å². The van der Waals surface area contributed by atoms with E-state index in [0.717, 1.165) is 44.1 Å². The molecule has 6 bridgehead atoms. The van der Waals surface area contributed by atoms with Gasteiger partial charge in [-0.3, -0.25) is 9.52 Å². The lowest BCUT2D eigenvalue weighted by Crippen LogP contribution is -2.12.